The zero-order chi connectivity index (χ0) is 21.8. The van der Waals surface area contributed by atoms with Crippen molar-refractivity contribution >= 4 is 23.4 Å². The number of carbonyl (C=O) groups excluding carboxylic acids is 2. The second kappa shape index (κ2) is 8.05. The summed E-state index contributed by atoms with van der Waals surface area (Å²) < 4.78 is 5.88. The van der Waals surface area contributed by atoms with Crippen molar-refractivity contribution in [1.82, 2.24) is 10.2 Å². The first-order valence-electron chi connectivity index (χ1n) is 11.6. The van der Waals surface area contributed by atoms with Crippen molar-refractivity contribution in [2.45, 2.75) is 57.2 Å². The molecule has 0 radical (unpaired) electrons. The molecule has 5 aliphatic rings. The average Bonchev–Trinajstić information content (AvgIpc) is 2.75. The van der Waals surface area contributed by atoms with Gasteiger partial charge in [-0.05, 0) is 74.5 Å². The van der Waals surface area contributed by atoms with Crippen molar-refractivity contribution in [2.24, 2.45) is 28.9 Å². The molecule has 1 aromatic carbocycles. The zero-order valence-corrected chi connectivity index (χ0v) is 18.8. The molecule has 4 bridgehead atoms. The number of nitrogens with zero attached hydrogens (tertiary/aromatic N) is 1. The van der Waals surface area contributed by atoms with Gasteiger partial charge in [-0.15, -0.1) is 0 Å². The van der Waals surface area contributed by atoms with E-state index in [1.807, 2.05) is 24.3 Å². The van der Waals surface area contributed by atoms with E-state index in [2.05, 4.69) is 17.1 Å². The molecule has 7 heteroatoms. The normalized spacial score (nSPS) is 38.1. The van der Waals surface area contributed by atoms with E-state index in [1.54, 1.807) is 0 Å². The second-order valence-corrected chi connectivity index (χ2v) is 10.7. The predicted octanol–water partition coefficient (Wildman–Crippen LogP) is 2.90. The number of nitrogens with one attached hydrogen (secondary N) is 1. The Morgan fingerprint density at radius 2 is 1.87 bits per heavy atom. The highest BCUT2D eigenvalue weighted by molar-refractivity contribution is 6.30. The number of carbonyl (C=O) groups is 2. The molecule has 1 heterocycles. The minimum absolute atomic E-state index is 0.0152. The number of hydrogen-bond donors (Lipinski definition) is 2. The van der Waals surface area contributed by atoms with E-state index in [4.69, 9.17) is 22.1 Å². The summed E-state index contributed by atoms with van der Waals surface area (Å²) in [4.78, 5) is 27.6. The smallest absolute Gasteiger partial charge is 0.250 e. The van der Waals surface area contributed by atoms with Crippen LogP contribution in [0, 0.1) is 23.2 Å². The van der Waals surface area contributed by atoms with Crippen molar-refractivity contribution in [3.63, 3.8) is 0 Å². The molecule has 4 aliphatic carbocycles. The van der Waals surface area contributed by atoms with Crippen LogP contribution in [0.4, 0.5) is 0 Å². The van der Waals surface area contributed by atoms with Crippen molar-refractivity contribution < 1.29 is 14.3 Å². The third-order valence-electron chi connectivity index (χ3n) is 8.40. The van der Waals surface area contributed by atoms with Crippen LogP contribution < -0.4 is 11.1 Å². The summed E-state index contributed by atoms with van der Waals surface area (Å²) in [5.74, 6) is 1.14. The molecule has 6 rings (SSSR count). The topological polar surface area (TPSA) is 84.7 Å². The summed E-state index contributed by atoms with van der Waals surface area (Å²) in [7, 11) is 0. The molecule has 0 aromatic heterocycles. The van der Waals surface area contributed by atoms with Crippen LogP contribution in [0.15, 0.2) is 24.3 Å². The van der Waals surface area contributed by atoms with Gasteiger partial charge in [-0.1, -0.05) is 23.7 Å². The van der Waals surface area contributed by atoms with Crippen molar-refractivity contribution in [3.8, 4) is 0 Å². The molecule has 4 saturated carbocycles. The van der Waals surface area contributed by atoms with Gasteiger partial charge in [0, 0.05) is 35.6 Å². The molecule has 2 amide bonds. The number of primary amides is 1. The largest absolute Gasteiger partial charge is 0.369 e. The summed E-state index contributed by atoms with van der Waals surface area (Å²) in [5, 5.41) is 4.06. The third-order valence-corrected chi connectivity index (χ3v) is 8.65. The van der Waals surface area contributed by atoms with Crippen LogP contribution in [0.5, 0.6) is 0 Å². The number of benzene rings is 1. The Bertz CT molecular complexity index is 844. The predicted molar refractivity (Wildman–Crippen MR) is 118 cm³/mol. The first-order valence-corrected chi connectivity index (χ1v) is 11.9. The maximum absolute atomic E-state index is 13.2. The lowest BCUT2D eigenvalue weighted by atomic mass is 9.47. The molecule has 0 spiro atoms. The van der Waals surface area contributed by atoms with E-state index in [9.17, 15) is 9.59 Å². The van der Waals surface area contributed by atoms with Gasteiger partial charge >= 0.3 is 0 Å². The Morgan fingerprint density at radius 1 is 1.19 bits per heavy atom. The summed E-state index contributed by atoms with van der Waals surface area (Å²) in [6.07, 6.45) is 4.32. The lowest BCUT2D eigenvalue weighted by Crippen LogP contribution is -2.63. The summed E-state index contributed by atoms with van der Waals surface area (Å²) in [6, 6.07) is 8.23. The SMILES string of the molecule is C[C@H](c1ccc(Cl)cc1)N1CCOC(C(=O)NC2C3CC4CC2CC(C(N)=O)(C4)C3)C1. The van der Waals surface area contributed by atoms with Gasteiger partial charge in [0.15, 0.2) is 0 Å². The molecule has 3 unspecified atom stereocenters. The minimum atomic E-state index is -0.467. The molecule has 1 saturated heterocycles. The monoisotopic (exact) mass is 445 g/mol. The molecule has 3 N–H and O–H groups in total. The molecule has 1 aromatic rings. The highest BCUT2D eigenvalue weighted by atomic mass is 35.5. The van der Waals surface area contributed by atoms with Gasteiger partial charge in [0.1, 0.15) is 6.10 Å². The number of rotatable bonds is 5. The molecular weight excluding hydrogens is 414 g/mol. The number of halogens is 1. The van der Waals surface area contributed by atoms with Crippen molar-refractivity contribution in [1.29, 1.82) is 0 Å². The molecule has 31 heavy (non-hydrogen) atoms. The fourth-order valence-corrected chi connectivity index (χ4v) is 7.08. The van der Waals surface area contributed by atoms with Gasteiger partial charge in [0.05, 0.1) is 6.61 Å². The average molecular weight is 446 g/mol. The Morgan fingerprint density at radius 3 is 2.52 bits per heavy atom. The Labute approximate surface area is 188 Å². The van der Waals surface area contributed by atoms with Gasteiger partial charge in [-0.3, -0.25) is 14.5 Å². The van der Waals surface area contributed by atoms with E-state index in [1.165, 1.54) is 5.56 Å². The van der Waals surface area contributed by atoms with Crippen LogP contribution in [0.2, 0.25) is 5.02 Å². The number of amides is 2. The summed E-state index contributed by atoms with van der Waals surface area (Å²) in [5.41, 5.74) is 6.65. The molecule has 168 valence electrons. The van der Waals surface area contributed by atoms with Crippen LogP contribution in [0.25, 0.3) is 0 Å². The molecule has 1 aliphatic heterocycles. The molecule has 5 fully saturated rings. The zero-order valence-electron chi connectivity index (χ0n) is 18.1. The standard InChI is InChI=1S/C24H32ClN3O3/c1-14(16-2-4-19(25)5-3-16)28-6-7-31-20(13-28)22(29)27-21-17-8-15-9-18(21)12-24(10-15,11-17)23(26)30/h2-5,14-15,17-18,20-21H,6-13H2,1H3,(H2,26,30)(H,27,29)/t14-,15?,17?,18?,20?,21?,24?/m1/s1. The van der Waals surface area contributed by atoms with Crippen LogP contribution in [0.3, 0.4) is 0 Å². The third kappa shape index (κ3) is 3.87. The fourth-order valence-electron chi connectivity index (χ4n) is 6.95. The molecule has 6 nitrogen and oxygen atoms in total. The number of hydrogen-bond acceptors (Lipinski definition) is 4. The van der Waals surface area contributed by atoms with Gasteiger partial charge in [-0.25, -0.2) is 0 Å². The second-order valence-electron chi connectivity index (χ2n) is 10.2. The Kier molecular flexibility index (Phi) is 5.51. The van der Waals surface area contributed by atoms with E-state index in [0.29, 0.717) is 30.9 Å². The Hall–Kier alpha value is -1.63. The van der Waals surface area contributed by atoms with E-state index >= 15 is 0 Å². The van der Waals surface area contributed by atoms with E-state index in [-0.39, 0.29) is 29.3 Å². The quantitative estimate of drug-likeness (QED) is 0.729. The summed E-state index contributed by atoms with van der Waals surface area (Å²) in [6.45, 7) is 4.07. The van der Waals surface area contributed by atoms with Crippen LogP contribution in [-0.2, 0) is 14.3 Å². The summed E-state index contributed by atoms with van der Waals surface area (Å²) >= 11 is 6.03. The first kappa shape index (κ1) is 21.2. The van der Waals surface area contributed by atoms with Gasteiger partial charge in [-0.2, -0.15) is 0 Å². The van der Waals surface area contributed by atoms with E-state index < -0.39 is 6.10 Å². The molecular formula is C24H32ClN3O3. The van der Waals surface area contributed by atoms with Gasteiger partial charge in [0.25, 0.3) is 5.91 Å². The lowest BCUT2D eigenvalue weighted by molar-refractivity contribution is -0.151. The number of nitrogens with two attached hydrogens (primary N) is 1. The highest BCUT2D eigenvalue weighted by Gasteiger charge is 2.58. The van der Waals surface area contributed by atoms with Crippen LogP contribution in [0.1, 0.15) is 50.6 Å². The number of ether oxygens (including phenoxy) is 1. The van der Waals surface area contributed by atoms with E-state index in [0.717, 1.165) is 43.7 Å². The Balaban J connectivity index is 1.23. The van der Waals surface area contributed by atoms with Gasteiger partial charge < -0.3 is 15.8 Å². The maximum Gasteiger partial charge on any atom is 0.250 e. The van der Waals surface area contributed by atoms with Crippen molar-refractivity contribution in [2.75, 3.05) is 19.7 Å². The maximum atomic E-state index is 13.2. The fraction of sp³-hybridized carbons (Fsp3) is 0.667. The van der Waals surface area contributed by atoms with Crippen LogP contribution in [-0.4, -0.2) is 48.6 Å². The number of morpholine rings is 1. The molecule has 4 atom stereocenters. The lowest BCUT2D eigenvalue weighted by Gasteiger charge is -2.59. The highest BCUT2D eigenvalue weighted by Crippen LogP contribution is 2.59. The first-order chi connectivity index (χ1) is 14.8. The van der Waals surface area contributed by atoms with Gasteiger partial charge in [0.2, 0.25) is 5.91 Å². The van der Waals surface area contributed by atoms with Crippen LogP contribution >= 0.6 is 11.6 Å². The minimum Gasteiger partial charge on any atom is -0.369 e. The van der Waals surface area contributed by atoms with Crippen molar-refractivity contribution in [3.05, 3.63) is 34.9 Å².